The summed E-state index contributed by atoms with van der Waals surface area (Å²) in [6, 6.07) is 10.7. The van der Waals surface area contributed by atoms with E-state index < -0.39 is 0 Å². The number of nitrogens with two attached hydrogens (primary N) is 1. The molecular formula is C18H30N2O. The number of anilines is 1. The van der Waals surface area contributed by atoms with E-state index in [2.05, 4.69) is 56.0 Å². The molecule has 0 spiro atoms. The second kappa shape index (κ2) is 6.80. The van der Waals surface area contributed by atoms with Crippen molar-refractivity contribution in [2.45, 2.75) is 57.6 Å². The van der Waals surface area contributed by atoms with Crippen molar-refractivity contribution >= 4 is 5.69 Å². The fourth-order valence-corrected chi connectivity index (χ4v) is 3.53. The van der Waals surface area contributed by atoms with Crippen LogP contribution >= 0.6 is 0 Å². The van der Waals surface area contributed by atoms with E-state index in [1.807, 2.05) is 0 Å². The van der Waals surface area contributed by atoms with Gasteiger partial charge >= 0.3 is 0 Å². The lowest BCUT2D eigenvalue weighted by molar-refractivity contribution is -0.0794. The van der Waals surface area contributed by atoms with Crippen LogP contribution in [0.25, 0.3) is 0 Å². The van der Waals surface area contributed by atoms with Crippen molar-refractivity contribution in [1.29, 1.82) is 0 Å². The van der Waals surface area contributed by atoms with Crippen LogP contribution in [0.2, 0.25) is 0 Å². The van der Waals surface area contributed by atoms with Crippen molar-refractivity contribution in [2.24, 2.45) is 5.73 Å². The predicted octanol–water partition coefficient (Wildman–Crippen LogP) is 3.58. The molecule has 1 aliphatic rings. The van der Waals surface area contributed by atoms with Crippen molar-refractivity contribution in [1.82, 2.24) is 0 Å². The molecule has 1 heterocycles. The Labute approximate surface area is 129 Å². The van der Waals surface area contributed by atoms with E-state index in [4.69, 9.17) is 10.5 Å². The van der Waals surface area contributed by atoms with Gasteiger partial charge in [-0.3, -0.25) is 0 Å². The lowest BCUT2D eigenvalue weighted by atomic mass is 9.79. The summed E-state index contributed by atoms with van der Waals surface area (Å²) < 4.78 is 5.93. The molecular weight excluding hydrogens is 260 g/mol. The molecule has 1 fully saturated rings. The first-order valence-corrected chi connectivity index (χ1v) is 8.20. The maximum Gasteiger partial charge on any atom is 0.0649 e. The summed E-state index contributed by atoms with van der Waals surface area (Å²) in [6.07, 6.45) is 4.38. The van der Waals surface area contributed by atoms with Crippen LogP contribution in [-0.2, 0) is 4.74 Å². The van der Waals surface area contributed by atoms with Crippen LogP contribution in [0.3, 0.4) is 0 Å². The van der Waals surface area contributed by atoms with Crippen LogP contribution in [0, 0.1) is 0 Å². The summed E-state index contributed by atoms with van der Waals surface area (Å²) in [5.74, 6) is 0. The van der Waals surface area contributed by atoms with Crippen molar-refractivity contribution in [3.63, 3.8) is 0 Å². The molecule has 1 aliphatic heterocycles. The Bertz CT molecular complexity index is 432. The van der Waals surface area contributed by atoms with E-state index >= 15 is 0 Å². The number of unbranched alkanes of at least 4 members (excludes halogenated alkanes) is 1. The highest BCUT2D eigenvalue weighted by Gasteiger charge is 2.44. The standard InChI is InChI=1S/C18H30N2O/c1-4-5-12-20(16-9-7-6-8-10-16)18(15-19)11-13-21-17(2,3)14-18/h6-10H,4-5,11-15,19H2,1-3H3. The first-order chi connectivity index (χ1) is 10.0. The van der Waals surface area contributed by atoms with E-state index in [-0.39, 0.29) is 11.1 Å². The molecule has 0 aromatic heterocycles. The van der Waals surface area contributed by atoms with Crippen LogP contribution in [0.15, 0.2) is 30.3 Å². The van der Waals surface area contributed by atoms with E-state index in [1.54, 1.807) is 0 Å². The average Bonchev–Trinajstić information content (AvgIpc) is 2.47. The monoisotopic (exact) mass is 290 g/mol. The lowest BCUT2D eigenvalue weighted by Crippen LogP contribution is -2.61. The SMILES string of the molecule is CCCCN(c1ccccc1)C1(CN)CCOC(C)(C)C1. The highest BCUT2D eigenvalue weighted by Crippen LogP contribution is 2.38. The van der Waals surface area contributed by atoms with Gasteiger partial charge in [0, 0.05) is 31.8 Å². The van der Waals surface area contributed by atoms with Crippen molar-refractivity contribution in [3.8, 4) is 0 Å². The van der Waals surface area contributed by atoms with Gasteiger partial charge in [-0.25, -0.2) is 0 Å². The Morgan fingerprint density at radius 2 is 1.95 bits per heavy atom. The van der Waals surface area contributed by atoms with E-state index in [1.165, 1.54) is 18.5 Å². The Morgan fingerprint density at radius 3 is 2.52 bits per heavy atom. The average molecular weight is 290 g/mol. The van der Waals surface area contributed by atoms with Gasteiger partial charge in [0.1, 0.15) is 0 Å². The molecule has 1 unspecified atom stereocenters. The van der Waals surface area contributed by atoms with Crippen LogP contribution in [0.5, 0.6) is 0 Å². The second-order valence-corrected chi connectivity index (χ2v) is 6.80. The Kier molecular flexibility index (Phi) is 5.28. The van der Waals surface area contributed by atoms with Crippen molar-refractivity contribution in [3.05, 3.63) is 30.3 Å². The van der Waals surface area contributed by atoms with E-state index in [9.17, 15) is 0 Å². The molecule has 3 nitrogen and oxygen atoms in total. The van der Waals surface area contributed by atoms with Gasteiger partial charge in [-0.15, -0.1) is 0 Å². The number of nitrogens with zero attached hydrogens (tertiary/aromatic N) is 1. The molecule has 0 aliphatic carbocycles. The van der Waals surface area contributed by atoms with E-state index in [0.29, 0.717) is 6.54 Å². The van der Waals surface area contributed by atoms with Gasteiger partial charge in [-0.2, -0.15) is 0 Å². The van der Waals surface area contributed by atoms with Crippen molar-refractivity contribution < 1.29 is 4.74 Å². The van der Waals surface area contributed by atoms with Gasteiger partial charge in [0.2, 0.25) is 0 Å². The summed E-state index contributed by atoms with van der Waals surface area (Å²) in [7, 11) is 0. The van der Waals surface area contributed by atoms with E-state index in [0.717, 1.165) is 26.0 Å². The molecule has 1 atom stereocenters. The summed E-state index contributed by atoms with van der Waals surface area (Å²) >= 11 is 0. The first-order valence-electron chi connectivity index (χ1n) is 8.20. The van der Waals surface area contributed by atoms with Gasteiger partial charge < -0.3 is 15.4 Å². The normalized spacial score (nSPS) is 24.8. The molecule has 0 bridgehead atoms. The zero-order valence-corrected chi connectivity index (χ0v) is 13.8. The van der Waals surface area contributed by atoms with Gasteiger partial charge in [0.25, 0.3) is 0 Å². The molecule has 2 rings (SSSR count). The van der Waals surface area contributed by atoms with Gasteiger partial charge in [0.15, 0.2) is 0 Å². The first kappa shape index (κ1) is 16.3. The molecule has 118 valence electrons. The maximum atomic E-state index is 6.27. The Morgan fingerprint density at radius 1 is 1.24 bits per heavy atom. The predicted molar refractivity (Wildman–Crippen MR) is 89.7 cm³/mol. The molecule has 21 heavy (non-hydrogen) atoms. The quantitative estimate of drug-likeness (QED) is 0.870. The fourth-order valence-electron chi connectivity index (χ4n) is 3.53. The molecule has 0 radical (unpaired) electrons. The second-order valence-electron chi connectivity index (χ2n) is 6.80. The third-order valence-corrected chi connectivity index (χ3v) is 4.57. The summed E-state index contributed by atoms with van der Waals surface area (Å²) in [5.41, 5.74) is 7.47. The summed E-state index contributed by atoms with van der Waals surface area (Å²) in [4.78, 5) is 2.54. The number of hydrogen-bond acceptors (Lipinski definition) is 3. The number of ether oxygens (including phenoxy) is 1. The Balaban J connectivity index is 2.32. The van der Waals surface area contributed by atoms with Crippen LogP contribution in [0.4, 0.5) is 5.69 Å². The largest absolute Gasteiger partial charge is 0.375 e. The third-order valence-electron chi connectivity index (χ3n) is 4.57. The summed E-state index contributed by atoms with van der Waals surface area (Å²) in [6.45, 7) is 9.14. The maximum absolute atomic E-state index is 6.27. The number of para-hydroxylation sites is 1. The molecule has 0 amide bonds. The lowest BCUT2D eigenvalue weighted by Gasteiger charge is -2.52. The number of rotatable bonds is 6. The van der Waals surface area contributed by atoms with Crippen LogP contribution in [-0.4, -0.2) is 30.8 Å². The zero-order valence-electron chi connectivity index (χ0n) is 13.8. The molecule has 3 heteroatoms. The molecule has 1 aromatic carbocycles. The molecule has 0 saturated carbocycles. The van der Waals surface area contributed by atoms with Crippen LogP contribution in [0.1, 0.15) is 46.5 Å². The topological polar surface area (TPSA) is 38.5 Å². The minimum Gasteiger partial charge on any atom is -0.375 e. The van der Waals surface area contributed by atoms with Crippen LogP contribution < -0.4 is 10.6 Å². The molecule has 1 aromatic rings. The summed E-state index contributed by atoms with van der Waals surface area (Å²) in [5, 5.41) is 0. The third kappa shape index (κ3) is 3.78. The van der Waals surface area contributed by atoms with Crippen molar-refractivity contribution in [2.75, 3.05) is 24.6 Å². The fraction of sp³-hybridized carbons (Fsp3) is 0.667. The van der Waals surface area contributed by atoms with Gasteiger partial charge in [0.05, 0.1) is 11.1 Å². The number of benzene rings is 1. The minimum absolute atomic E-state index is 0.0122. The highest BCUT2D eigenvalue weighted by molar-refractivity contribution is 5.49. The smallest absolute Gasteiger partial charge is 0.0649 e. The minimum atomic E-state index is -0.100. The molecule has 1 saturated heterocycles. The van der Waals surface area contributed by atoms with Gasteiger partial charge in [-0.05, 0) is 38.8 Å². The zero-order chi connectivity index (χ0) is 15.3. The highest BCUT2D eigenvalue weighted by atomic mass is 16.5. The number of hydrogen-bond donors (Lipinski definition) is 1. The Hall–Kier alpha value is -1.06. The molecule has 2 N–H and O–H groups in total. The van der Waals surface area contributed by atoms with Gasteiger partial charge in [-0.1, -0.05) is 31.5 Å².